The number of rotatable bonds is 4. The number of aryl methyl sites for hydroxylation is 2. The van der Waals surface area contributed by atoms with Gasteiger partial charge in [-0.2, -0.15) is 11.8 Å². The number of aromatic nitrogens is 2. The molecule has 2 aliphatic heterocycles. The van der Waals surface area contributed by atoms with Crippen LogP contribution in [0, 0.1) is 0 Å². The predicted molar refractivity (Wildman–Crippen MR) is 103 cm³/mol. The van der Waals surface area contributed by atoms with Crippen LogP contribution >= 0.6 is 11.8 Å². The van der Waals surface area contributed by atoms with E-state index >= 15 is 0 Å². The van der Waals surface area contributed by atoms with E-state index in [1.54, 1.807) is 0 Å². The zero-order valence-corrected chi connectivity index (χ0v) is 15.1. The molecule has 1 unspecified atom stereocenters. The van der Waals surface area contributed by atoms with Gasteiger partial charge in [0.25, 0.3) is 0 Å². The van der Waals surface area contributed by atoms with Crippen molar-refractivity contribution in [1.29, 1.82) is 0 Å². The quantitative estimate of drug-likeness (QED) is 0.884. The third kappa shape index (κ3) is 4.07. The van der Waals surface area contributed by atoms with E-state index in [1.165, 1.54) is 18.7 Å². The van der Waals surface area contributed by atoms with E-state index < -0.39 is 0 Å². The maximum absolute atomic E-state index is 12.2. The van der Waals surface area contributed by atoms with E-state index in [0.29, 0.717) is 6.42 Å². The molecule has 5 nitrogen and oxygen atoms in total. The van der Waals surface area contributed by atoms with Crippen LogP contribution in [0.15, 0.2) is 30.5 Å². The normalized spacial score (nSPS) is 20.1. The van der Waals surface area contributed by atoms with Gasteiger partial charge in [-0.15, -0.1) is 0 Å². The first-order valence-corrected chi connectivity index (χ1v) is 10.2. The van der Waals surface area contributed by atoms with E-state index in [2.05, 4.69) is 21.4 Å². The Balaban J connectivity index is 1.38. The second kappa shape index (κ2) is 7.62. The Morgan fingerprint density at radius 3 is 2.96 bits per heavy atom. The average Bonchev–Trinajstić information content (AvgIpc) is 3.07. The number of nitrogens with zero attached hydrogens (tertiary/aromatic N) is 2. The first-order valence-electron chi connectivity index (χ1n) is 9.05. The molecule has 4 rings (SSSR count). The first kappa shape index (κ1) is 16.7. The first-order chi connectivity index (χ1) is 12.3. The smallest absolute Gasteiger partial charge is 0.225 e. The van der Waals surface area contributed by atoms with Crippen molar-refractivity contribution >= 4 is 23.4 Å². The van der Waals surface area contributed by atoms with Crippen molar-refractivity contribution < 1.29 is 4.79 Å². The summed E-state index contributed by atoms with van der Waals surface area (Å²) in [7, 11) is 0. The highest BCUT2D eigenvalue weighted by Gasteiger charge is 2.17. The van der Waals surface area contributed by atoms with Crippen LogP contribution in [-0.2, 0) is 17.8 Å². The van der Waals surface area contributed by atoms with Gasteiger partial charge in [-0.1, -0.05) is 12.1 Å². The zero-order valence-electron chi connectivity index (χ0n) is 14.3. The molecule has 2 N–H and O–H groups in total. The molecule has 1 aromatic carbocycles. The van der Waals surface area contributed by atoms with Crippen molar-refractivity contribution in [2.75, 3.05) is 23.4 Å². The summed E-state index contributed by atoms with van der Waals surface area (Å²) in [5.41, 5.74) is 2.98. The number of hydrogen-bond acceptors (Lipinski definition) is 4. The third-order valence-corrected chi connectivity index (χ3v) is 5.93. The monoisotopic (exact) mass is 356 g/mol. The summed E-state index contributed by atoms with van der Waals surface area (Å²) >= 11 is 1.91. The van der Waals surface area contributed by atoms with Gasteiger partial charge in [0.1, 0.15) is 5.82 Å². The number of anilines is 1. The summed E-state index contributed by atoms with van der Waals surface area (Å²) in [4.78, 5) is 16.9. The Morgan fingerprint density at radius 2 is 2.20 bits per heavy atom. The van der Waals surface area contributed by atoms with Gasteiger partial charge in [0, 0.05) is 60.9 Å². The van der Waals surface area contributed by atoms with Crippen molar-refractivity contribution in [2.24, 2.45) is 0 Å². The molecular formula is C19H24N4OS. The fraction of sp³-hybridized carbons (Fsp3) is 0.474. The molecule has 1 amide bonds. The minimum absolute atomic E-state index is 0.0743. The summed E-state index contributed by atoms with van der Waals surface area (Å²) in [6, 6.07) is 8.30. The van der Waals surface area contributed by atoms with E-state index in [-0.39, 0.29) is 11.9 Å². The molecule has 0 bridgehead atoms. The molecule has 1 aromatic heterocycles. The molecule has 0 spiro atoms. The van der Waals surface area contributed by atoms with Crippen LogP contribution < -0.4 is 10.6 Å². The highest BCUT2D eigenvalue weighted by molar-refractivity contribution is 7.99. The molecule has 3 heterocycles. The van der Waals surface area contributed by atoms with Gasteiger partial charge in [-0.05, 0) is 25.0 Å². The van der Waals surface area contributed by atoms with Crippen molar-refractivity contribution in [2.45, 2.75) is 38.3 Å². The molecule has 6 heteroatoms. The Hall–Kier alpha value is -1.79. The van der Waals surface area contributed by atoms with Crippen molar-refractivity contribution in [3.8, 4) is 11.3 Å². The number of carbonyl (C=O) groups excluding carboxylic acids is 1. The second-order valence-electron chi connectivity index (χ2n) is 6.75. The lowest BCUT2D eigenvalue weighted by Gasteiger charge is -2.22. The number of amides is 1. The zero-order chi connectivity index (χ0) is 17.1. The number of imidazole rings is 1. The van der Waals surface area contributed by atoms with Gasteiger partial charge in [0.15, 0.2) is 0 Å². The van der Waals surface area contributed by atoms with Crippen LogP contribution in [-0.4, -0.2) is 39.6 Å². The third-order valence-electron chi connectivity index (χ3n) is 4.80. The maximum atomic E-state index is 12.2. The maximum Gasteiger partial charge on any atom is 0.225 e. The molecule has 1 saturated heterocycles. The molecule has 0 radical (unpaired) electrons. The minimum Gasteiger partial charge on any atom is -0.334 e. The van der Waals surface area contributed by atoms with Crippen molar-refractivity contribution in [3.05, 3.63) is 36.3 Å². The molecule has 1 atom stereocenters. The molecule has 132 valence electrons. The lowest BCUT2D eigenvalue weighted by molar-refractivity contribution is -0.116. The summed E-state index contributed by atoms with van der Waals surface area (Å²) < 4.78 is 2.27. The summed E-state index contributed by atoms with van der Waals surface area (Å²) in [6.45, 7) is 2.07. The molecular weight excluding hydrogens is 332 g/mol. The van der Waals surface area contributed by atoms with E-state index in [4.69, 9.17) is 4.98 Å². The Labute approximate surface area is 152 Å². The molecule has 0 saturated carbocycles. The standard InChI is InChI=1S/C19H24N4OS/c24-19(11-16-13-25-10-8-20-16)21-15-6-4-14(5-7-15)17-12-23-9-2-1-3-18(23)22-17/h4-7,12,16,20H,1-3,8-11,13H2,(H,21,24). The number of benzene rings is 1. The van der Waals surface area contributed by atoms with Gasteiger partial charge in [-0.25, -0.2) is 4.98 Å². The van der Waals surface area contributed by atoms with Gasteiger partial charge < -0.3 is 15.2 Å². The topological polar surface area (TPSA) is 59.0 Å². The molecule has 2 aliphatic rings. The lowest BCUT2D eigenvalue weighted by atomic mass is 10.1. The number of thioether (sulfide) groups is 1. The highest BCUT2D eigenvalue weighted by Crippen LogP contribution is 2.24. The van der Waals surface area contributed by atoms with Crippen LogP contribution in [0.2, 0.25) is 0 Å². The van der Waals surface area contributed by atoms with E-state index in [1.807, 2.05) is 36.0 Å². The summed E-state index contributed by atoms with van der Waals surface area (Å²) in [5.74, 6) is 3.41. The predicted octanol–water partition coefficient (Wildman–Crippen LogP) is 2.92. The Kier molecular flexibility index (Phi) is 5.08. The van der Waals surface area contributed by atoms with Crippen LogP contribution in [0.4, 0.5) is 5.69 Å². The lowest BCUT2D eigenvalue weighted by Crippen LogP contribution is -2.39. The van der Waals surface area contributed by atoms with E-state index in [9.17, 15) is 4.79 Å². The summed E-state index contributed by atoms with van der Waals surface area (Å²) in [5, 5.41) is 6.40. The number of fused-ring (bicyclic) bond motifs is 1. The van der Waals surface area contributed by atoms with Gasteiger partial charge in [-0.3, -0.25) is 4.79 Å². The van der Waals surface area contributed by atoms with Gasteiger partial charge >= 0.3 is 0 Å². The van der Waals surface area contributed by atoms with Crippen LogP contribution in [0.1, 0.15) is 25.1 Å². The van der Waals surface area contributed by atoms with Crippen molar-refractivity contribution in [1.82, 2.24) is 14.9 Å². The largest absolute Gasteiger partial charge is 0.334 e. The van der Waals surface area contributed by atoms with Gasteiger partial charge in [0.05, 0.1) is 5.69 Å². The molecule has 25 heavy (non-hydrogen) atoms. The second-order valence-corrected chi connectivity index (χ2v) is 7.90. The van der Waals surface area contributed by atoms with Crippen molar-refractivity contribution in [3.63, 3.8) is 0 Å². The number of carbonyl (C=O) groups is 1. The van der Waals surface area contributed by atoms with Gasteiger partial charge in [0.2, 0.25) is 5.91 Å². The SMILES string of the molecule is O=C(CC1CSCCN1)Nc1ccc(-c2cn3c(n2)CCCC3)cc1. The molecule has 0 aliphatic carbocycles. The summed E-state index contributed by atoms with van der Waals surface area (Å²) in [6.07, 6.45) is 6.22. The Morgan fingerprint density at radius 1 is 1.32 bits per heavy atom. The fourth-order valence-electron chi connectivity index (χ4n) is 3.46. The minimum atomic E-state index is 0.0743. The van der Waals surface area contributed by atoms with Crippen LogP contribution in [0.3, 0.4) is 0 Å². The Bertz CT molecular complexity index is 711. The van der Waals surface area contributed by atoms with Crippen LogP contribution in [0.25, 0.3) is 11.3 Å². The fourth-order valence-corrected chi connectivity index (χ4v) is 4.41. The van der Waals surface area contributed by atoms with Crippen LogP contribution in [0.5, 0.6) is 0 Å². The highest BCUT2D eigenvalue weighted by atomic mass is 32.2. The van der Waals surface area contributed by atoms with E-state index in [0.717, 1.165) is 48.0 Å². The number of nitrogens with one attached hydrogen (secondary N) is 2. The molecule has 2 aromatic rings. The number of hydrogen-bond donors (Lipinski definition) is 2. The average molecular weight is 356 g/mol. The molecule has 1 fully saturated rings.